The van der Waals surface area contributed by atoms with Crippen molar-refractivity contribution in [2.24, 2.45) is 0 Å². The number of aldehydes is 1. The molecule has 204 valence electrons. The van der Waals surface area contributed by atoms with Crippen LogP contribution in [0.3, 0.4) is 0 Å². The van der Waals surface area contributed by atoms with E-state index in [-0.39, 0.29) is 23.3 Å². The molecule has 37 heavy (non-hydrogen) atoms. The van der Waals surface area contributed by atoms with Crippen molar-refractivity contribution < 1.29 is 38.9 Å². The summed E-state index contributed by atoms with van der Waals surface area (Å²) in [5.74, 6) is -4.78. The lowest BCUT2D eigenvalue weighted by Crippen LogP contribution is -2.44. The summed E-state index contributed by atoms with van der Waals surface area (Å²) in [5.41, 5.74) is 0.582. The van der Waals surface area contributed by atoms with Gasteiger partial charge in [-0.05, 0) is 26.3 Å². The predicted molar refractivity (Wildman–Crippen MR) is 141 cm³/mol. The molecule has 0 aliphatic heterocycles. The highest BCUT2D eigenvalue weighted by Crippen LogP contribution is 2.32. The molecule has 4 N–H and O–H groups in total. The number of carboxylic acids is 2. The standard InChI is InChI=1S/C21H25N3O8.C3H6.C2H6/c1-3-5-6-8-22-14-7-9-23-20(19(14)13(4-2)16(26)11-25)32-12-17(27)24-15(21(30)31)10-18(28)29;1-3-2;1-2/h4-7,9,11,15H,3,8,10,12H2,1-2H3,(H,22,23)(H,24,27)(H,28,29)(H,30,31);3H,1H2,2H3;1-2H3/b6-5+,13-4+;;. The van der Waals surface area contributed by atoms with Crippen LogP contribution < -0.4 is 15.4 Å². The van der Waals surface area contributed by atoms with Crippen molar-refractivity contribution in [3.63, 3.8) is 0 Å². The van der Waals surface area contributed by atoms with Crippen LogP contribution in [-0.2, 0) is 24.0 Å². The number of pyridine rings is 1. The van der Waals surface area contributed by atoms with Gasteiger partial charge in [0.1, 0.15) is 6.04 Å². The van der Waals surface area contributed by atoms with E-state index in [1.54, 1.807) is 19.1 Å². The molecule has 11 heteroatoms. The fourth-order valence-electron chi connectivity index (χ4n) is 2.60. The number of carboxylic acid groups (broad SMARTS) is 2. The van der Waals surface area contributed by atoms with Crippen LogP contribution in [0.1, 0.15) is 53.0 Å². The minimum absolute atomic E-state index is 0.000214. The summed E-state index contributed by atoms with van der Waals surface area (Å²) in [4.78, 5) is 61.2. The average molecular weight is 520 g/mol. The summed E-state index contributed by atoms with van der Waals surface area (Å²) < 4.78 is 5.40. The Balaban J connectivity index is 0. The van der Waals surface area contributed by atoms with Gasteiger partial charge in [0.2, 0.25) is 11.7 Å². The van der Waals surface area contributed by atoms with Gasteiger partial charge in [-0.1, -0.05) is 45.1 Å². The first kappa shape index (κ1) is 34.9. The number of rotatable bonds is 14. The molecule has 1 amide bonds. The number of amides is 1. The number of aromatic nitrogens is 1. The van der Waals surface area contributed by atoms with Gasteiger partial charge >= 0.3 is 11.9 Å². The maximum atomic E-state index is 12.1. The molecule has 0 bridgehead atoms. The van der Waals surface area contributed by atoms with E-state index in [1.807, 2.05) is 45.2 Å². The van der Waals surface area contributed by atoms with E-state index in [9.17, 15) is 24.0 Å². The fourth-order valence-corrected chi connectivity index (χ4v) is 2.60. The summed E-state index contributed by atoms with van der Waals surface area (Å²) in [6.07, 6.45) is 8.47. The van der Waals surface area contributed by atoms with E-state index in [0.717, 1.165) is 6.42 Å². The zero-order valence-corrected chi connectivity index (χ0v) is 21.9. The summed E-state index contributed by atoms with van der Waals surface area (Å²) in [6, 6.07) is -0.0751. The smallest absolute Gasteiger partial charge is 0.326 e. The number of ketones is 1. The van der Waals surface area contributed by atoms with Gasteiger partial charge in [0.15, 0.2) is 12.9 Å². The Hall–Kier alpha value is -4.28. The largest absolute Gasteiger partial charge is 0.481 e. The average Bonchev–Trinajstić information content (AvgIpc) is 2.87. The van der Waals surface area contributed by atoms with Crippen molar-refractivity contribution in [1.82, 2.24) is 10.3 Å². The number of ether oxygens (including phenoxy) is 1. The first-order valence-corrected chi connectivity index (χ1v) is 11.6. The van der Waals surface area contributed by atoms with Crippen molar-refractivity contribution in [2.75, 3.05) is 18.5 Å². The van der Waals surface area contributed by atoms with Crippen LogP contribution >= 0.6 is 0 Å². The molecule has 1 unspecified atom stereocenters. The number of allylic oxidation sites excluding steroid dienone is 4. The molecule has 11 nitrogen and oxygen atoms in total. The quantitative estimate of drug-likeness (QED) is 0.124. The second-order valence-electron chi connectivity index (χ2n) is 6.74. The van der Waals surface area contributed by atoms with Crippen LogP contribution in [0.25, 0.3) is 5.57 Å². The third-order valence-electron chi connectivity index (χ3n) is 4.01. The SMILES string of the molecule is C/C=C(\C(=O)C=O)c1c(NC/C=C/CC)ccnc1OCC(=O)NC(CC(=O)O)C(=O)O.C=CC.CC. The number of Topliss-reactive ketones (excluding diaryl/α,β-unsaturated/α-hetero) is 1. The van der Waals surface area contributed by atoms with Crippen molar-refractivity contribution in [3.05, 3.63) is 48.7 Å². The Bertz CT molecular complexity index is 971. The monoisotopic (exact) mass is 519 g/mol. The van der Waals surface area contributed by atoms with Crippen LogP contribution in [0.4, 0.5) is 5.69 Å². The molecule has 1 aromatic heterocycles. The molecule has 1 rings (SSSR count). The Morgan fingerprint density at radius 2 is 1.78 bits per heavy atom. The summed E-state index contributed by atoms with van der Waals surface area (Å²) in [7, 11) is 0. The van der Waals surface area contributed by atoms with Gasteiger partial charge in [-0.3, -0.25) is 19.2 Å². The van der Waals surface area contributed by atoms with E-state index in [1.165, 1.54) is 12.3 Å². The predicted octanol–water partition coefficient (Wildman–Crippen LogP) is 3.27. The normalized spacial score (nSPS) is 11.0. The highest BCUT2D eigenvalue weighted by molar-refractivity contribution is 6.46. The van der Waals surface area contributed by atoms with Crippen LogP contribution in [-0.4, -0.2) is 64.3 Å². The molecular formula is C26H37N3O8. The maximum Gasteiger partial charge on any atom is 0.326 e. The number of hydrogen-bond donors (Lipinski definition) is 4. The van der Waals surface area contributed by atoms with Crippen LogP contribution in [0, 0.1) is 0 Å². The molecule has 0 aliphatic rings. The third kappa shape index (κ3) is 14.0. The molecule has 1 aromatic rings. The molecule has 0 spiro atoms. The van der Waals surface area contributed by atoms with Crippen molar-refractivity contribution >= 4 is 41.2 Å². The minimum atomic E-state index is -1.64. The molecular weight excluding hydrogens is 482 g/mol. The number of nitrogens with zero attached hydrogens (tertiary/aromatic N) is 1. The van der Waals surface area contributed by atoms with E-state index in [4.69, 9.17) is 14.9 Å². The van der Waals surface area contributed by atoms with E-state index < -0.39 is 42.7 Å². The van der Waals surface area contributed by atoms with Crippen LogP contribution in [0.2, 0.25) is 0 Å². The summed E-state index contributed by atoms with van der Waals surface area (Å²) >= 11 is 0. The van der Waals surface area contributed by atoms with Gasteiger partial charge in [-0.15, -0.1) is 6.58 Å². The zero-order chi connectivity index (χ0) is 28.8. The number of anilines is 1. The Morgan fingerprint density at radius 1 is 1.16 bits per heavy atom. The second kappa shape index (κ2) is 21.0. The fraction of sp³-hybridized carbons (Fsp3) is 0.385. The first-order valence-electron chi connectivity index (χ1n) is 11.6. The van der Waals surface area contributed by atoms with E-state index in [0.29, 0.717) is 12.2 Å². The third-order valence-corrected chi connectivity index (χ3v) is 4.01. The molecule has 0 aromatic carbocycles. The molecule has 0 saturated carbocycles. The summed E-state index contributed by atoms with van der Waals surface area (Å²) in [6.45, 7) is 12.5. The highest BCUT2D eigenvalue weighted by Gasteiger charge is 2.24. The Labute approximate surface area is 217 Å². The molecule has 0 saturated heterocycles. The van der Waals surface area contributed by atoms with Crippen LogP contribution in [0.15, 0.2) is 43.1 Å². The molecule has 0 aliphatic carbocycles. The van der Waals surface area contributed by atoms with Gasteiger partial charge in [0.25, 0.3) is 5.91 Å². The maximum absolute atomic E-state index is 12.1. The number of nitrogens with one attached hydrogen (secondary N) is 2. The second-order valence-corrected chi connectivity index (χ2v) is 6.74. The van der Waals surface area contributed by atoms with Gasteiger partial charge < -0.3 is 25.6 Å². The van der Waals surface area contributed by atoms with Gasteiger partial charge in [-0.25, -0.2) is 9.78 Å². The van der Waals surface area contributed by atoms with E-state index >= 15 is 0 Å². The lowest BCUT2D eigenvalue weighted by Gasteiger charge is -2.17. The van der Waals surface area contributed by atoms with Gasteiger partial charge in [0.05, 0.1) is 12.0 Å². The molecule has 1 atom stereocenters. The number of carbonyl (C=O) groups is 5. The molecule has 1 heterocycles. The number of hydrogen-bond acceptors (Lipinski definition) is 8. The Morgan fingerprint density at radius 3 is 2.27 bits per heavy atom. The Kier molecular flexibility index (Phi) is 19.8. The molecule has 0 fully saturated rings. The summed E-state index contributed by atoms with van der Waals surface area (Å²) in [5, 5.41) is 22.9. The first-order chi connectivity index (χ1) is 17.7. The van der Waals surface area contributed by atoms with Crippen molar-refractivity contribution in [1.29, 1.82) is 0 Å². The van der Waals surface area contributed by atoms with Crippen molar-refractivity contribution in [2.45, 2.75) is 53.5 Å². The van der Waals surface area contributed by atoms with Crippen molar-refractivity contribution in [3.8, 4) is 5.88 Å². The zero-order valence-electron chi connectivity index (χ0n) is 21.9. The lowest BCUT2D eigenvalue weighted by atomic mass is 10.0. The van der Waals surface area contributed by atoms with Gasteiger partial charge in [-0.2, -0.15) is 0 Å². The minimum Gasteiger partial charge on any atom is -0.481 e. The van der Waals surface area contributed by atoms with Crippen LogP contribution in [0.5, 0.6) is 5.88 Å². The lowest BCUT2D eigenvalue weighted by molar-refractivity contribution is -0.147. The highest BCUT2D eigenvalue weighted by atomic mass is 16.5. The van der Waals surface area contributed by atoms with E-state index in [2.05, 4.69) is 16.9 Å². The number of aliphatic carboxylic acids is 2. The molecule has 0 radical (unpaired) electrons. The van der Waals surface area contributed by atoms with Gasteiger partial charge in [0, 0.05) is 24.0 Å². The number of carbonyl (C=O) groups excluding carboxylic acids is 3. The topological polar surface area (TPSA) is 172 Å².